The van der Waals surface area contributed by atoms with E-state index in [0.29, 0.717) is 22.6 Å². The number of rotatable bonds is 8. The number of sulfonamides is 2. The number of hydrogen-bond donors (Lipinski definition) is 2. The summed E-state index contributed by atoms with van der Waals surface area (Å²) in [6.07, 6.45) is 3.96. The van der Waals surface area contributed by atoms with Gasteiger partial charge in [-0.25, -0.2) is 16.8 Å². The summed E-state index contributed by atoms with van der Waals surface area (Å²) >= 11 is 0. The van der Waals surface area contributed by atoms with Crippen LogP contribution in [0.2, 0.25) is 0 Å². The summed E-state index contributed by atoms with van der Waals surface area (Å²) in [6.45, 7) is 5.11. The van der Waals surface area contributed by atoms with E-state index in [0.717, 1.165) is 16.1 Å². The first kappa shape index (κ1) is 25.2. The van der Waals surface area contributed by atoms with Crippen molar-refractivity contribution in [2.24, 2.45) is 0 Å². The maximum atomic E-state index is 12.9. The van der Waals surface area contributed by atoms with Crippen molar-refractivity contribution in [1.82, 2.24) is 4.98 Å². The molecule has 1 aromatic heterocycles. The van der Waals surface area contributed by atoms with Gasteiger partial charge in [0.05, 0.1) is 28.7 Å². The Labute approximate surface area is 199 Å². The van der Waals surface area contributed by atoms with Gasteiger partial charge in [-0.05, 0) is 74.4 Å². The number of nitrogens with one attached hydrogen (secondary N) is 2. The van der Waals surface area contributed by atoms with Gasteiger partial charge in [0.25, 0.3) is 10.0 Å². The van der Waals surface area contributed by atoms with Crippen LogP contribution < -0.4 is 14.3 Å². The molecule has 2 aromatic carbocycles. The third-order valence-corrected chi connectivity index (χ3v) is 7.66. The highest BCUT2D eigenvalue weighted by Crippen LogP contribution is 2.27. The highest BCUT2D eigenvalue weighted by molar-refractivity contribution is 7.92. The van der Waals surface area contributed by atoms with Gasteiger partial charge in [-0.2, -0.15) is 0 Å². The Hall–Kier alpha value is -3.44. The molecule has 9 nitrogen and oxygen atoms in total. The molecule has 0 aliphatic rings. The number of benzene rings is 2. The van der Waals surface area contributed by atoms with E-state index in [1.807, 2.05) is 13.0 Å². The minimum Gasteiger partial charge on any atom is -0.324 e. The third kappa shape index (κ3) is 5.91. The third-order valence-electron chi connectivity index (χ3n) is 5.04. The molecule has 3 rings (SSSR count). The monoisotopic (exact) mass is 502 g/mol. The molecular weight excluding hydrogens is 476 g/mol. The van der Waals surface area contributed by atoms with Crippen LogP contribution in [0.5, 0.6) is 0 Å². The number of anilines is 3. The molecule has 180 valence electrons. The second-order valence-corrected chi connectivity index (χ2v) is 11.4. The number of aryl methyl sites for hydroxylation is 2. The van der Waals surface area contributed by atoms with Crippen LogP contribution in [0.15, 0.2) is 71.9 Å². The lowest BCUT2D eigenvalue weighted by Crippen LogP contribution is -2.45. The van der Waals surface area contributed by atoms with Crippen molar-refractivity contribution >= 4 is 43.0 Å². The molecule has 1 amide bonds. The standard InChI is InChI=1S/C23H26N4O5S2/c1-16-7-8-17(2)22(14-16)27(33(4,29)30)18(3)23(28)25-19-9-11-21(12-10-19)34(31,32)26-20-6-5-13-24-15-20/h5-15,18,26H,1-4H3,(H,25,28)/t18-/m0/s1. The lowest BCUT2D eigenvalue weighted by Gasteiger charge is -2.29. The van der Waals surface area contributed by atoms with Crippen molar-refractivity contribution in [1.29, 1.82) is 0 Å². The molecule has 34 heavy (non-hydrogen) atoms. The molecular formula is C23H26N4O5S2. The van der Waals surface area contributed by atoms with Crippen LogP contribution in [0.25, 0.3) is 0 Å². The van der Waals surface area contributed by atoms with Gasteiger partial charge < -0.3 is 5.32 Å². The Morgan fingerprint density at radius 1 is 0.971 bits per heavy atom. The highest BCUT2D eigenvalue weighted by Gasteiger charge is 2.30. The summed E-state index contributed by atoms with van der Waals surface area (Å²) in [4.78, 5) is 16.8. The van der Waals surface area contributed by atoms with Crippen LogP contribution >= 0.6 is 0 Å². The maximum Gasteiger partial charge on any atom is 0.261 e. The molecule has 3 aromatic rings. The second-order valence-electron chi connectivity index (χ2n) is 7.89. The van der Waals surface area contributed by atoms with Crippen molar-refractivity contribution in [3.63, 3.8) is 0 Å². The van der Waals surface area contributed by atoms with Crippen molar-refractivity contribution in [2.45, 2.75) is 31.7 Å². The molecule has 1 atom stereocenters. The summed E-state index contributed by atoms with van der Waals surface area (Å²) in [5, 5.41) is 2.66. The molecule has 0 saturated carbocycles. The normalized spacial score (nSPS) is 12.6. The lowest BCUT2D eigenvalue weighted by atomic mass is 10.1. The van der Waals surface area contributed by atoms with E-state index in [1.165, 1.54) is 43.6 Å². The maximum absolute atomic E-state index is 12.9. The van der Waals surface area contributed by atoms with Gasteiger partial charge in [0.2, 0.25) is 15.9 Å². The van der Waals surface area contributed by atoms with E-state index in [-0.39, 0.29) is 4.90 Å². The summed E-state index contributed by atoms with van der Waals surface area (Å²) in [5.74, 6) is -0.560. The van der Waals surface area contributed by atoms with Crippen LogP contribution in [0.4, 0.5) is 17.1 Å². The first-order valence-electron chi connectivity index (χ1n) is 10.3. The van der Waals surface area contributed by atoms with Gasteiger partial charge in [0.15, 0.2) is 0 Å². The Morgan fingerprint density at radius 3 is 2.24 bits per heavy atom. The molecule has 1 heterocycles. The van der Waals surface area contributed by atoms with Crippen LogP contribution in [0, 0.1) is 13.8 Å². The molecule has 0 aliphatic heterocycles. The first-order valence-corrected chi connectivity index (χ1v) is 13.6. The fraction of sp³-hybridized carbons (Fsp3) is 0.217. The van der Waals surface area contributed by atoms with Gasteiger partial charge in [-0.3, -0.25) is 18.8 Å². The van der Waals surface area contributed by atoms with Gasteiger partial charge >= 0.3 is 0 Å². The number of carbonyl (C=O) groups excluding carboxylic acids is 1. The minimum atomic E-state index is -3.84. The average molecular weight is 503 g/mol. The van der Waals surface area contributed by atoms with Crippen LogP contribution in [0.3, 0.4) is 0 Å². The van der Waals surface area contributed by atoms with Crippen molar-refractivity contribution in [3.8, 4) is 0 Å². The van der Waals surface area contributed by atoms with E-state index in [9.17, 15) is 21.6 Å². The van der Waals surface area contributed by atoms with Crippen molar-refractivity contribution in [2.75, 3.05) is 20.6 Å². The molecule has 0 fully saturated rings. The summed E-state index contributed by atoms with van der Waals surface area (Å²) in [5.41, 5.74) is 2.64. The van der Waals surface area contributed by atoms with Gasteiger partial charge in [-0.1, -0.05) is 12.1 Å². The van der Waals surface area contributed by atoms with Crippen LogP contribution in [0.1, 0.15) is 18.1 Å². The molecule has 0 spiro atoms. The van der Waals surface area contributed by atoms with Crippen molar-refractivity contribution < 1.29 is 21.6 Å². The molecule has 0 aliphatic carbocycles. The molecule has 0 unspecified atom stereocenters. The van der Waals surface area contributed by atoms with E-state index in [1.54, 1.807) is 31.2 Å². The van der Waals surface area contributed by atoms with E-state index in [4.69, 9.17) is 0 Å². The Morgan fingerprint density at radius 2 is 1.65 bits per heavy atom. The number of nitrogens with zero attached hydrogens (tertiary/aromatic N) is 2. The van der Waals surface area contributed by atoms with E-state index >= 15 is 0 Å². The molecule has 0 radical (unpaired) electrons. The minimum absolute atomic E-state index is 0.00412. The molecule has 11 heteroatoms. The van der Waals surface area contributed by atoms with Crippen molar-refractivity contribution in [3.05, 3.63) is 78.1 Å². The number of hydrogen-bond acceptors (Lipinski definition) is 6. The SMILES string of the molecule is Cc1ccc(C)c(N([C@@H](C)C(=O)Nc2ccc(S(=O)(=O)Nc3cccnc3)cc2)S(C)(=O)=O)c1. The van der Waals surface area contributed by atoms with Crippen LogP contribution in [-0.2, 0) is 24.8 Å². The average Bonchev–Trinajstić information content (AvgIpc) is 2.76. The Bertz CT molecular complexity index is 1390. The topological polar surface area (TPSA) is 126 Å². The summed E-state index contributed by atoms with van der Waals surface area (Å²) in [6, 6.07) is 13.1. The quantitative estimate of drug-likeness (QED) is 0.487. The molecule has 0 saturated heterocycles. The number of aromatic nitrogens is 1. The fourth-order valence-electron chi connectivity index (χ4n) is 3.34. The predicted octanol–water partition coefficient (Wildman–Crippen LogP) is 3.29. The Balaban J connectivity index is 1.79. The number of carbonyl (C=O) groups is 1. The first-order chi connectivity index (χ1) is 15.9. The number of amides is 1. The van der Waals surface area contributed by atoms with Gasteiger partial charge in [0, 0.05) is 11.9 Å². The number of pyridine rings is 1. The molecule has 2 N–H and O–H groups in total. The summed E-state index contributed by atoms with van der Waals surface area (Å²) < 4.78 is 53.8. The van der Waals surface area contributed by atoms with Crippen LogP contribution in [-0.4, -0.2) is 40.0 Å². The Kier molecular flexibility index (Phi) is 7.27. The highest BCUT2D eigenvalue weighted by atomic mass is 32.2. The van der Waals surface area contributed by atoms with Gasteiger partial charge in [0.1, 0.15) is 6.04 Å². The zero-order chi connectivity index (χ0) is 25.1. The smallest absolute Gasteiger partial charge is 0.261 e. The zero-order valence-electron chi connectivity index (χ0n) is 19.2. The largest absolute Gasteiger partial charge is 0.324 e. The van der Waals surface area contributed by atoms with Gasteiger partial charge in [-0.15, -0.1) is 0 Å². The molecule has 0 bridgehead atoms. The summed E-state index contributed by atoms with van der Waals surface area (Å²) in [7, 11) is -7.61. The predicted molar refractivity (Wildman–Crippen MR) is 133 cm³/mol. The van der Waals surface area contributed by atoms with E-state index in [2.05, 4.69) is 15.0 Å². The fourth-order valence-corrected chi connectivity index (χ4v) is 5.61. The second kappa shape index (κ2) is 9.82. The lowest BCUT2D eigenvalue weighted by molar-refractivity contribution is -0.116. The zero-order valence-corrected chi connectivity index (χ0v) is 20.8. The van der Waals surface area contributed by atoms with E-state index < -0.39 is 32.0 Å².